The first kappa shape index (κ1) is 17.1. The molecule has 128 valence electrons. The molecule has 1 aliphatic heterocycles. The quantitative estimate of drug-likeness (QED) is 0.778. The average molecular weight is 366 g/mol. The predicted octanol–water partition coefficient (Wildman–Crippen LogP) is 2.66. The van der Waals surface area contributed by atoms with Crippen molar-refractivity contribution in [1.29, 1.82) is 0 Å². The number of amides is 1. The van der Waals surface area contributed by atoms with Crippen molar-refractivity contribution in [2.75, 3.05) is 19.7 Å². The van der Waals surface area contributed by atoms with Crippen molar-refractivity contribution < 1.29 is 19.1 Å². The van der Waals surface area contributed by atoms with Crippen molar-refractivity contribution in [2.45, 2.75) is 26.1 Å². The molecule has 3 rings (SSSR count). The highest BCUT2D eigenvalue weighted by molar-refractivity contribution is 7.20. The summed E-state index contributed by atoms with van der Waals surface area (Å²) < 4.78 is 10.7. The number of rotatable bonds is 4. The fourth-order valence-corrected chi connectivity index (χ4v) is 4.16. The van der Waals surface area contributed by atoms with E-state index < -0.39 is 5.97 Å². The molecular formula is C16H18N2O4S2. The van der Waals surface area contributed by atoms with E-state index in [0.29, 0.717) is 13.1 Å². The normalized spacial score (nSPS) is 20.8. The summed E-state index contributed by atoms with van der Waals surface area (Å²) in [5, 5.41) is 4.39. The van der Waals surface area contributed by atoms with E-state index in [1.54, 1.807) is 21.6 Å². The van der Waals surface area contributed by atoms with Crippen LogP contribution in [0.15, 0.2) is 22.9 Å². The van der Waals surface area contributed by atoms with E-state index in [2.05, 4.69) is 4.98 Å². The molecule has 0 radical (unpaired) electrons. The highest BCUT2D eigenvalue weighted by Gasteiger charge is 2.26. The number of hydrogen-bond donors (Lipinski definition) is 0. The second-order valence-electron chi connectivity index (χ2n) is 5.65. The molecule has 0 unspecified atom stereocenters. The summed E-state index contributed by atoms with van der Waals surface area (Å²) in [6.45, 7) is 4.59. The summed E-state index contributed by atoms with van der Waals surface area (Å²) >= 11 is 2.95. The lowest BCUT2D eigenvalue weighted by Crippen LogP contribution is -2.49. The Balaban J connectivity index is 1.54. The highest BCUT2D eigenvalue weighted by Crippen LogP contribution is 2.27. The molecule has 0 aliphatic carbocycles. The van der Waals surface area contributed by atoms with Gasteiger partial charge in [0.15, 0.2) is 12.3 Å². The Labute approximate surface area is 148 Å². The van der Waals surface area contributed by atoms with Gasteiger partial charge in [-0.25, -0.2) is 9.78 Å². The molecule has 1 aliphatic rings. The van der Waals surface area contributed by atoms with E-state index in [4.69, 9.17) is 9.47 Å². The van der Waals surface area contributed by atoms with E-state index >= 15 is 0 Å². The van der Waals surface area contributed by atoms with Crippen LogP contribution >= 0.6 is 22.7 Å². The van der Waals surface area contributed by atoms with Crippen LogP contribution in [0.4, 0.5) is 0 Å². The monoisotopic (exact) mass is 366 g/mol. The summed E-state index contributed by atoms with van der Waals surface area (Å²) in [7, 11) is 0. The summed E-state index contributed by atoms with van der Waals surface area (Å²) in [6.07, 6.45) is -0.0272. The highest BCUT2D eigenvalue weighted by atomic mass is 32.1. The lowest BCUT2D eigenvalue weighted by molar-refractivity contribution is -0.146. The SMILES string of the molecule is C[C@@H]1CN(C(=O)COC(=O)c2csc(-c3cccs3)n2)C[C@H](C)O1. The van der Waals surface area contributed by atoms with Crippen molar-refractivity contribution in [2.24, 2.45) is 0 Å². The molecule has 1 saturated heterocycles. The van der Waals surface area contributed by atoms with Gasteiger partial charge in [0, 0.05) is 18.5 Å². The summed E-state index contributed by atoms with van der Waals surface area (Å²) in [6, 6.07) is 3.88. The molecule has 2 atom stereocenters. The number of nitrogens with zero attached hydrogens (tertiary/aromatic N) is 2. The van der Waals surface area contributed by atoms with Gasteiger partial charge in [-0.05, 0) is 25.3 Å². The van der Waals surface area contributed by atoms with Gasteiger partial charge in [0.05, 0.1) is 17.1 Å². The van der Waals surface area contributed by atoms with E-state index in [1.165, 1.54) is 11.3 Å². The summed E-state index contributed by atoms with van der Waals surface area (Å²) in [5.74, 6) is -0.782. The smallest absolute Gasteiger partial charge is 0.358 e. The fourth-order valence-electron chi connectivity index (χ4n) is 2.55. The van der Waals surface area contributed by atoms with Crippen LogP contribution in [0.2, 0.25) is 0 Å². The zero-order valence-electron chi connectivity index (χ0n) is 13.4. The molecule has 3 heterocycles. The molecule has 0 bridgehead atoms. The van der Waals surface area contributed by atoms with Crippen LogP contribution in [-0.2, 0) is 14.3 Å². The third-order valence-electron chi connectivity index (χ3n) is 3.54. The van der Waals surface area contributed by atoms with Gasteiger partial charge in [-0.1, -0.05) is 6.07 Å². The largest absolute Gasteiger partial charge is 0.451 e. The van der Waals surface area contributed by atoms with Crippen LogP contribution in [-0.4, -0.2) is 53.7 Å². The van der Waals surface area contributed by atoms with Gasteiger partial charge in [-0.15, -0.1) is 22.7 Å². The molecule has 2 aromatic heterocycles. The Kier molecular flexibility index (Phi) is 5.27. The van der Waals surface area contributed by atoms with E-state index in [1.807, 2.05) is 31.4 Å². The molecule has 2 aromatic rings. The molecule has 24 heavy (non-hydrogen) atoms. The van der Waals surface area contributed by atoms with E-state index in [-0.39, 0.29) is 30.4 Å². The topological polar surface area (TPSA) is 68.7 Å². The average Bonchev–Trinajstić information content (AvgIpc) is 3.21. The Morgan fingerprint density at radius 1 is 1.33 bits per heavy atom. The number of carbonyl (C=O) groups is 2. The minimum absolute atomic E-state index is 0.0136. The van der Waals surface area contributed by atoms with Crippen molar-refractivity contribution >= 4 is 34.6 Å². The maximum absolute atomic E-state index is 12.2. The van der Waals surface area contributed by atoms with Crippen molar-refractivity contribution in [1.82, 2.24) is 9.88 Å². The van der Waals surface area contributed by atoms with Gasteiger partial charge in [0.1, 0.15) is 5.01 Å². The first-order chi connectivity index (χ1) is 11.5. The minimum Gasteiger partial charge on any atom is -0.451 e. The number of hydrogen-bond acceptors (Lipinski definition) is 7. The third-order valence-corrected chi connectivity index (χ3v) is 5.43. The number of aromatic nitrogens is 1. The van der Waals surface area contributed by atoms with Gasteiger partial charge < -0.3 is 14.4 Å². The van der Waals surface area contributed by atoms with Gasteiger partial charge in [0.25, 0.3) is 5.91 Å². The van der Waals surface area contributed by atoms with Gasteiger partial charge in [-0.2, -0.15) is 0 Å². The molecule has 1 fully saturated rings. The van der Waals surface area contributed by atoms with Crippen molar-refractivity contribution in [3.05, 3.63) is 28.6 Å². The third kappa shape index (κ3) is 4.00. The lowest BCUT2D eigenvalue weighted by Gasteiger charge is -2.35. The van der Waals surface area contributed by atoms with Gasteiger partial charge in [0.2, 0.25) is 0 Å². The van der Waals surface area contributed by atoms with Crippen LogP contribution in [0.5, 0.6) is 0 Å². The van der Waals surface area contributed by atoms with Crippen LogP contribution < -0.4 is 0 Å². The molecule has 8 heteroatoms. The number of carbonyl (C=O) groups excluding carboxylic acids is 2. The Hall–Kier alpha value is -1.77. The molecular weight excluding hydrogens is 348 g/mol. The molecule has 0 spiro atoms. The number of thiazole rings is 1. The minimum atomic E-state index is -0.572. The van der Waals surface area contributed by atoms with Crippen LogP contribution in [0.25, 0.3) is 9.88 Å². The van der Waals surface area contributed by atoms with E-state index in [0.717, 1.165) is 9.88 Å². The van der Waals surface area contributed by atoms with Crippen LogP contribution in [0.1, 0.15) is 24.3 Å². The molecule has 1 amide bonds. The zero-order valence-corrected chi connectivity index (χ0v) is 15.1. The maximum Gasteiger partial charge on any atom is 0.358 e. The van der Waals surface area contributed by atoms with Gasteiger partial charge >= 0.3 is 5.97 Å². The summed E-state index contributed by atoms with van der Waals surface area (Å²) in [4.78, 5) is 31.2. The van der Waals surface area contributed by atoms with E-state index in [9.17, 15) is 9.59 Å². The Morgan fingerprint density at radius 3 is 2.75 bits per heavy atom. The number of thiophene rings is 1. The second-order valence-corrected chi connectivity index (χ2v) is 7.45. The van der Waals surface area contributed by atoms with Crippen molar-refractivity contribution in [3.63, 3.8) is 0 Å². The van der Waals surface area contributed by atoms with Crippen LogP contribution in [0, 0.1) is 0 Å². The Bertz CT molecular complexity index is 703. The predicted molar refractivity (Wildman–Crippen MR) is 92.3 cm³/mol. The summed E-state index contributed by atoms with van der Waals surface area (Å²) in [5.41, 5.74) is 0.236. The zero-order chi connectivity index (χ0) is 17.1. The second kappa shape index (κ2) is 7.42. The van der Waals surface area contributed by atoms with Gasteiger partial charge in [-0.3, -0.25) is 4.79 Å². The van der Waals surface area contributed by atoms with Crippen LogP contribution in [0.3, 0.4) is 0 Å². The first-order valence-electron chi connectivity index (χ1n) is 7.62. The standard InChI is InChI=1S/C16H18N2O4S2/c1-10-6-18(7-11(2)22-10)14(19)8-21-16(20)12-9-24-15(17-12)13-4-3-5-23-13/h3-5,9-11H,6-8H2,1-2H3/t10-,11+. The molecule has 6 nitrogen and oxygen atoms in total. The number of esters is 1. The first-order valence-corrected chi connectivity index (χ1v) is 9.38. The Morgan fingerprint density at radius 2 is 2.08 bits per heavy atom. The lowest BCUT2D eigenvalue weighted by atomic mass is 10.2. The van der Waals surface area contributed by atoms with Crippen molar-refractivity contribution in [3.8, 4) is 9.88 Å². The molecule has 0 N–H and O–H groups in total. The molecule has 0 saturated carbocycles. The maximum atomic E-state index is 12.2. The molecule has 0 aromatic carbocycles. The number of morpholine rings is 1. The fraction of sp³-hybridized carbons (Fsp3) is 0.438. The number of ether oxygens (including phenoxy) is 2.